The molecule has 1 N–H and O–H groups in total. The van der Waals surface area contributed by atoms with Crippen molar-refractivity contribution in [1.82, 2.24) is 4.90 Å². The summed E-state index contributed by atoms with van der Waals surface area (Å²) in [6, 6.07) is 4.03. The van der Waals surface area contributed by atoms with Crippen LogP contribution in [-0.2, 0) is 4.79 Å². The van der Waals surface area contributed by atoms with Crippen LogP contribution in [0.25, 0.3) is 11.8 Å². The Balaban J connectivity index is 1.80. The van der Waals surface area contributed by atoms with Crippen molar-refractivity contribution in [3.8, 4) is 11.5 Å². The molecule has 4 rings (SSSR count). The van der Waals surface area contributed by atoms with Crippen LogP contribution in [0.5, 0.6) is 11.5 Å². The molecule has 0 saturated carbocycles. The Kier molecular flexibility index (Phi) is 3.06. The number of ether oxygens (including phenoxy) is 2. The van der Waals surface area contributed by atoms with Crippen LogP contribution < -0.4 is 19.9 Å². The zero-order valence-electron chi connectivity index (χ0n) is 12.1. The molecule has 1 fully saturated rings. The van der Waals surface area contributed by atoms with Gasteiger partial charge in [-0.1, -0.05) is 6.08 Å². The second-order valence-electron chi connectivity index (χ2n) is 5.82. The van der Waals surface area contributed by atoms with Crippen molar-refractivity contribution in [2.45, 2.75) is 12.8 Å². The third-order valence-corrected chi connectivity index (χ3v) is 4.49. The lowest BCUT2D eigenvalue weighted by atomic mass is 9.93. The van der Waals surface area contributed by atoms with Crippen LogP contribution in [0.2, 0.25) is 0 Å². The molecule has 0 bridgehead atoms. The number of piperidine rings is 1. The zero-order valence-corrected chi connectivity index (χ0v) is 12.1. The van der Waals surface area contributed by atoms with Gasteiger partial charge in [0, 0.05) is 24.0 Å². The van der Waals surface area contributed by atoms with E-state index in [0.717, 1.165) is 34.9 Å². The molecule has 5 nitrogen and oxygen atoms in total. The highest BCUT2D eigenvalue weighted by molar-refractivity contribution is 5.71. The number of hydrogen-bond donors (Lipinski definition) is 1. The Morgan fingerprint density at radius 3 is 3.09 bits per heavy atom. The molecular weight excluding hydrogens is 282 g/mol. The molecule has 22 heavy (non-hydrogen) atoms. The zero-order chi connectivity index (χ0) is 15.1. The fraction of sp³-hybridized carbons (Fsp3) is 0.353. The Morgan fingerprint density at radius 2 is 2.23 bits per heavy atom. The normalized spacial score (nSPS) is 22.3. The van der Waals surface area contributed by atoms with Crippen LogP contribution in [0.4, 0.5) is 0 Å². The van der Waals surface area contributed by atoms with E-state index in [0.29, 0.717) is 19.6 Å². The predicted octanol–water partition coefficient (Wildman–Crippen LogP) is 0.670. The first-order chi connectivity index (χ1) is 10.7. The first-order valence-corrected chi connectivity index (χ1v) is 7.52. The summed E-state index contributed by atoms with van der Waals surface area (Å²) in [4.78, 5) is 13.4. The van der Waals surface area contributed by atoms with Crippen molar-refractivity contribution in [2.75, 3.05) is 19.7 Å². The molecule has 0 aliphatic carbocycles. The van der Waals surface area contributed by atoms with E-state index in [1.807, 2.05) is 18.2 Å². The molecule has 1 saturated heterocycles. The van der Waals surface area contributed by atoms with Gasteiger partial charge < -0.3 is 19.5 Å². The van der Waals surface area contributed by atoms with Crippen molar-refractivity contribution >= 4 is 17.7 Å². The first-order valence-electron chi connectivity index (χ1n) is 7.52. The number of fused-ring (bicyclic) bond motifs is 3. The maximum absolute atomic E-state index is 11.2. The van der Waals surface area contributed by atoms with Crippen LogP contribution in [-0.4, -0.2) is 35.7 Å². The lowest BCUT2D eigenvalue weighted by Gasteiger charge is -2.36. The highest BCUT2D eigenvalue weighted by Gasteiger charge is 2.29. The van der Waals surface area contributed by atoms with Gasteiger partial charge in [0.2, 0.25) is 0 Å². The van der Waals surface area contributed by atoms with Crippen molar-refractivity contribution in [3.63, 3.8) is 0 Å². The largest absolute Gasteiger partial charge is 0.485 e. The van der Waals surface area contributed by atoms with E-state index in [1.165, 1.54) is 5.70 Å². The molecule has 1 aromatic rings. The number of aliphatic carboxylic acids is 1. The van der Waals surface area contributed by atoms with Crippen LogP contribution in [0.3, 0.4) is 0 Å². The second-order valence-corrected chi connectivity index (χ2v) is 5.82. The molecule has 3 aliphatic rings. The molecule has 0 amide bonds. The van der Waals surface area contributed by atoms with Gasteiger partial charge in [0.15, 0.2) is 11.5 Å². The van der Waals surface area contributed by atoms with Crippen molar-refractivity contribution < 1.29 is 19.4 Å². The van der Waals surface area contributed by atoms with Gasteiger partial charge in [-0.2, -0.15) is 0 Å². The Bertz CT molecular complexity index is 781. The summed E-state index contributed by atoms with van der Waals surface area (Å²) in [5.41, 5.74) is 1.22. The van der Waals surface area contributed by atoms with Crippen molar-refractivity contribution in [1.29, 1.82) is 0 Å². The molecule has 1 aromatic carbocycles. The van der Waals surface area contributed by atoms with Crippen molar-refractivity contribution in [2.24, 2.45) is 5.92 Å². The summed E-state index contributed by atoms with van der Waals surface area (Å²) in [5.74, 6) is 0.500. The van der Waals surface area contributed by atoms with Gasteiger partial charge >= 0.3 is 5.97 Å². The van der Waals surface area contributed by atoms with Crippen LogP contribution in [0.1, 0.15) is 12.8 Å². The summed E-state index contributed by atoms with van der Waals surface area (Å²) < 4.78 is 11.3. The SMILES string of the molecule is O=C(O)C1CCC2=c3cc4c(cc3=CCN2C1)OCC=CO4. The highest BCUT2D eigenvalue weighted by Crippen LogP contribution is 2.29. The quantitative estimate of drug-likeness (QED) is 0.826. The van der Waals surface area contributed by atoms with Crippen LogP contribution >= 0.6 is 0 Å². The van der Waals surface area contributed by atoms with Gasteiger partial charge in [0.25, 0.3) is 0 Å². The maximum Gasteiger partial charge on any atom is 0.308 e. The van der Waals surface area contributed by atoms with E-state index in [4.69, 9.17) is 9.47 Å². The summed E-state index contributed by atoms with van der Waals surface area (Å²) in [7, 11) is 0. The van der Waals surface area contributed by atoms with E-state index in [-0.39, 0.29) is 5.92 Å². The third kappa shape index (κ3) is 2.13. The number of carbonyl (C=O) groups is 1. The molecule has 114 valence electrons. The Morgan fingerprint density at radius 1 is 1.32 bits per heavy atom. The molecular formula is C17H17NO4. The Hall–Kier alpha value is -2.43. The number of carboxylic acid groups (broad SMARTS) is 1. The first kappa shape index (κ1) is 13.2. The van der Waals surface area contributed by atoms with Gasteiger partial charge in [-0.25, -0.2) is 0 Å². The lowest BCUT2D eigenvalue weighted by Crippen LogP contribution is -2.45. The Labute approximate surface area is 127 Å². The highest BCUT2D eigenvalue weighted by atomic mass is 16.5. The third-order valence-electron chi connectivity index (χ3n) is 4.49. The van der Waals surface area contributed by atoms with E-state index >= 15 is 0 Å². The molecule has 3 heterocycles. The summed E-state index contributed by atoms with van der Waals surface area (Å²) >= 11 is 0. The minimum absolute atomic E-state index is 0.276. The maximum atomic E-state index is 11.2. The van der Waals surface area contributed by atoms with E-state index in [1.54, 1.807) is 6.26 Å². The molecule has 0 radical (unpaired) electrons. The van der Waals surface area contributed by atoms with Gasteiger partial charge in [-0.05, 0) is 36.3 Å². The fourth-order valence-electron chi connectivity index (χ4n) is 3.33. The molecule has 0 spiro atoms. The molecule has 1 unspecified atom stereocenters. The molecule has 5 heteroatoms. The molecule has 0 aromatic heterocycles. The van der Waals surface area contributed by atoms with Crippen LogP contribution in [0, 0.1) is 5.92 Å². The standard InChI is InChI=1S/C17H17NO4/c19-17(20)12-2-3-14-13-9-16-15(21-6-1-7-22-16)8-11(13)4-5-18(14)10-12/h1,4,7-9,12H,2-3,5-6,10H2,(H,19,20). The van der Waals surface area contributed by atoms with Gasteiger partial charge in [-0.3, -0.25) is 4.79 Å². The lowest BCUT2D eigenvalue weighted by molar-refractivity contribution is -0.142. The van der Waals surface area contributed by atoms with Gasteiger partial charge in [0.05, 0.1) is 12.2 Å². The number of carboxylic acids is 1. The summed E-state index contributed by atoms with van der Waals surface area (Å²) in [6.45, 7) is 1.84. The molecule has 3 aliphatic heterocycles. The summed E-state index contributed by atoms with van der Waals surface area (Å²) in [5, 5.41) is 11.5. The average molecular weight is 299 g/mol. The minimum Gasteiger partial charge on any atom is -0.485 e. The monoisotopic (exact) mass is 299 g/mol. The smallest absolute Gasteiger partial charge is 0.308 e. The summed E-state index contributed by atoms with van der Waals surface area (Å²) in [6.07, 6.45) is 7.09. The van der Waals surface area contributed by atoms with Crippen LogP contribution in [0.15, 0.2) is 24.5 Å². The molecule has 1 atom stereocenters. The number of benzene rings is 1. The van der Waals surface area contributed by atoms with E-state index in [2.05, 4.69) is 11.0 Å². The number of hydrogen-bond acceptors (Lipinski definition) is 4. The second kappa shape index (κ2) is 5.09. The topological polar surface area (TPSA) is 59.0 Å². The number of rotatable bonds is 1. The van der Waals surface area contributed by atoms with Gasteiger partial charge in [-0.15, -0.1) is 0 Å². The predicted molar refractivity (Wildman–Crippen MR) is 80.8 cm³/mol. The number of nitrogens with zero attached hydrogens (tertiary/aromatic N) is 1. The average Bonchev–Trinajstić information content (AvgIpc) is 2.77. The van der Waals surface area contributed by atoms with E-state index in [9.17, 15) is 9.90 Å². The van der Waals surface area contributed by atoms with Crippen molar-refractivity contribution in [3.05, 3.63) is 34.9 Å². The van der Waals surface area contributed by atoms with E-state index < -0.39 is 5.97 Å². The fourth-order valence-corrected chi connectivity index (χ4v) is 3.33. The van der Waals surface area contributed by atoms with Gasteiger partial charge in [0.1, 0.15) is 6.61 Å². The minimum atomic E-state index is -0.700.